The standard InChI is InChI=1S/C68H114O6/c1-4-7-10-13-16-19-22-24-25-26-27-28-29-30-31-32-33-34-35-36-37-38-39-40-41-42-43-44-47-49-52-55-58-61-67(70)73-64-65(63-72-66(69)60-57-54-51-48-45-21-18-15-12-9-6-3)74-68(71)62-59-56-53-50-46-23-20-17-14-11-8-5-2/h7,10,16-17,19-20,24-25,27-28,30-31,33-34,36-37,39-40,65H,4-6,8-9,11-15,18,21-23,26,29,32,35,38,41-64H2,1-3H3/b10-7-,19-16-,20-17-,25-24-,28-27-,31-30-,34-33-,37-36-,40-39-. The minimum Gasteiger partial charge on any atom is -0.462 e. The van der Waals surface area contributed by atoms with E-state index in [0.717, 1.165) is 128 Å². The summed E-state index contributed by atoms with van der Waals surface area (Å²) in [6.45, 7) is 6.49. The fourth-order valence-corrected chi connectivity index (χ4v) is 8.39. The molecule has 1 atom stereocenters. The van der Waals surface area contributed by atoms with Crippen molar-refractivity contribution in [3.05, 3.63) is 109 Å². The smallest absolute Gasteiger partial charge is 0.306 e. The highest BCUT2D eigenvalue weighted by molar-refractivity contribution is 5.71. The number of hydrogen-bond donors (Lipinski definition) is 0. The van der Waals surface area contributed by atoms with Crippen LogP contribution < -0.4 is 0 Å². The van der Waals surface area contributed by atoms with Gasteiger partial charge in [-0.3, -0.25) is 14.4 Å². The maximum absolute atomic E-state index is 12.8. The summed E-state index contributed by atoms with van der Waals surface area (Å²) in [7, 11) is 0. The van der Waals surface area contributed by atoms with E-state index in [0.29, 0.717) is 19.3 Å². The first kappa shape index (κ1) is 70.1. The van der Waals surface area contributed by atoms with E-state index in [1.807, 2.05) is 0 Å². The molecule has 0 aromatic carbocycles. The molecule has 0 spiro atoms. The number of unbranched alkanes of at least 4 members (excludes halogenated alkanes) is 26. The summed E-state index contributed by atoms with van der Waals surface area (Å²) in [5.74, 6) is -0.897. The van der Waals surface area contributed by atoms with E-state index in [-0.39, 0.29) is 31.1 Å². The third-order valence-electron chi connectivity index (χ3n) is 13.0. The summed E-state index contributed by atoms with van der Waals surface area (Å²) in [4.78, 5) is 38.1. The van der Waals surface area contributed by atoms with Gasteiger partial charge in [-0.1, -0.05) is 265 Å². The van der Waals surface area contributed by atoms with Crippen LogP contribution in [0.15, 0.2) is 109 Å². The summed E-state index contributed by atoms with van der Waals surface area (Å²) in [6.07, 6.45) is 83.8. The highest BCUT2D eigenvalue weighted by Gasteiger charge is 2.19. The Hall–Kier alpha value is -3.93. The van der Waals surface area contributed by atoms with Crippen LogP contribution in [-0.2, 0) is 28.6 Å². The van der Waals surface area contributed by atoms with E-state index in [1.165, 1.54) is 116 Å². The summed E-state index contributed by atoms with van der Waals surface area (Å²) in [6, 6.07) is 0. The molecular weight excluding hydrogens is 913 g/mol. The van der Waals surface area contributed by atoms with Gasteiger partial charge in [0, 0.05) is 19.3 Å². The van der Waals surface area contributed by atoms with E-state index in [9.17, 15) is 14.4 Å². The lowest BCUT2D eigenvalue weighted by Gasteiger charge is -2.18. The molecule has 0 N–H and O–H groups in total. The van der Waals surface area contributed by atoms with Gasteiger partial charge in [-0.15, -0.1) is 0 Å². The summed E-state index contributed by atoms with van der Waals surface area (Å²) >= 11 is 0. The van der Waals surface area contributed by atoms with Gasteiger partial charge in [0.15, 0.2) is 6.10 Å². The fourth-order valence-electron chi connectivity index (χ4n) is 8.39. The minimum absolute atomic E-state index is 0.0816. The molecule has 0 aliphatic carbocycles. The van der Waals surface area contributed by atoms with Gasteiger partial charge in [0.05, 0.1) is 0 Å². The summed E-state index contributed by atoms with van der Waals surface area (Å²) < 4.78 is 16.8. The van der Waals surface area contributed by atoms with Crippen LogP contribution in [0, 0.1) is 0 Å². The zero-order valence-electron chi connectivity index (χ0n) is 48.3. The van der Waals surface area contributed by atoms with Crippen molar-refractivity contribution in [2.45, 2.75) is 290 Å². The molecule has 0 saturated carbocycles. The Morgan fingerprint density at radius 1 is 0.284 bits per heavy atom. The zero-order chi connectivity index (χ0) is 53.6. The molecule has 0 aliphatic heterocycles. The summed E-state index contributed by atoms with van der Waals surface area (Å²) in [5.41, 5.74) is 0. The minimum atomic E-state index is -0.784. The molecule has 6 nitrogen and oxygen atoms in total. The van der Waals surface area contributed by atoms with Gasteiger partial charge in [0.2, 0.25) is 0 Å². The van der Waals surface area contributed by atoms with Gasteiger partial charge in [0.1, 0.15) is 13.2 Å². The van der Waals surface area contributed by atoms with Crippen molar-refractivity contribution in [3.63, 3.8) is 0 Å². The molecule has 0 rings (SSSR count). The van der Waals surface area contributed by atoms with Crippen molar-refractivity contribution >= 4 is 17.9 Å². The number of carbonyl (C=O) groups is 3. The molecule has 0 fully saturated rings. The lowest BCUT2D eigenvalue weighted by molar-refractivity contribution is -0.167. The number of allylic oxidation sites excluding steroid dienone is 18. The quantitative estimate of drug-likeness (QED) is 0.0261. The van der Waals surface area contributed by atoms with Gasteiger partial charge in [-0.05, 0) is 109 Å². The molecule has 6 heteroatoms. The SMILES string of the molecule is CC/C=C\C/C=C\C/C=C\C/C=C\C/C=C\C/C=C\C/C=C\C/C=C\CCCCCCCCCCC(=O)OCC(COC(=O)CCCCCCCCCCCCC)OC(=O)CCCCCCC/C=C\CCCCC. The molecule has 0 saturated heterocycles. The van der Waals surface area contributed by atoms with Gasteiger partial charge >= 0.3 is 17.9 Å². The second kappa shape index (κ2) is 61.6. The zero-order valence-corrected chi connectivity index (χ0v) is 48.3. The van der Waals surface area contributed by atoms with Crippen molar-refractivity contribution < 1.29 is 28.6 Å². The molecule has 422 valence electrons. The van der Waals surface area contributed by atoms with Gasteiger partial charge in [-0.25, -0.2) is 0 Å². The lowest BCUT2D eigenvalue weighted by Crippen LogP contribution is -2.30. The molecule has 0 aromatic rings. The van der Waals surface area contributed by atoms with Crippen LogP contribution in [0.3, 0.4) is 0 Å². The Morgan fingerprint density at radius 3 is 0.865 bits per heavy atom. The first-order valence-corrected chi connectivity index (χ1v) is 30.9. The van der Waals surface area contributed by atoms with Gasteiger partial charge in [-0.2, -0.15) is 0 Å². The Kier molecular flexibility index (Phi) is 58.3. The molecule has 0 aliphatic rings. The molecule has 0 heterocycles. The molecule has 0 bridgehead atoms. The molecule has 74 heavy (non-hydrogen) atoms. The number of carbonyl (C=O) groups excluding carboxylic acids is 3. The molecule has 0 amide bonds. The van der Waals surface area contributed by atoms with Crippen LogP contribution in [0.1, 0.15) is 284 Å². The fraction of sp³-hybridized carbons (Fsp3) is 0.691. The van der Waals surface area contributed by atoms with Crippen LogP contribution >= 0.6 is 0 Å². The van der Waals surface area contributed by atoms with Crippen molar-refractivity contribution in [1.82, 2.24) is 0 Å². The largest absolute Gasteiger partial charge is 0.462 e. The van der Waals surface area contributed by atoms with Crippen LogP contribution in [0.5, 0.6) is 0 Å². The highest BCUT2D eigenvalue weighted by atomic mass is 16.6. The topological polar surface area (TPSA) is 78.9 Å². The van der Waals surface area contributed by atoms with Crippen LogP contribution in [0.4, 0.5) is 0 Å². The van der Waals surface area contributed by atoms with Gasteiger partial charge in [0.25, 0.3) is 0 Å². The van der Waals surface area contributed by atoms with E-state index < -0.39 is 6.10 Å². The molecule has 0 aromatic heterocycles. The second-order valence-electron chi connectivity index (χ2n) is 20.2. The van der Waals surface area contributed by atoms with Crippen molar-refractivity contribution in [3.8, 4) is 0 Å². The molecule has 1 unspecified atom stereocenters. The van der Waals surface area contributed by atoms with Crippen LogP contribution in [-0.4, -0.2) is 37.2 Å². The van der Waals surface area contributed by atoms with E-state index in [4.69, 9.17) is 14.2 Å². The number of hydrogen-bond acceptors (Lipinski definition) is 6. The Morgan fingerprint density at radius 2 is 0.527 bits per heavy atom. The first-order chi connectivity index (χ1) is 36.5. The molecule has 0 radical (unpaired) electrons. The lowest BCUT2D eigenvalue weighted by atomic mass is 10.1. The van der Waals surface area contributed by atoms with Crippen LogP contribution in [0.25, 0.3) is 0 Å². The third-order valence-corrected chi connectivity index (χ3v) is 13.0. The average Bonchev–Trinajstić information content (AvgIpc) is 3.40. The molecular formula is C68H114O6. The predicted molar refractivity (Wildman–Crippen MR) is 320 cm³/mol. The number of esters is 3. The Bertz CT molecular complexity index is 1510. The maximum Gasteiger partial charge on any atom is 0.306 e. The van der Waals surface area contributed by atoms with Gasteiger partial charge < -0.3 is 14.2 Å². The van der Waals surface area contributed by atoms with E-state index >= 15 is 0 Å². The van der Waals surface area contributed by atoms with Crippen molar-refractivity contribution in [1.29, 1.82) is 0 Å². The van der Waals surface area contributed by atoms with E-state index in [2.05, 4.69) is 130 Å². The summed E-state index contributed by atoms with van der Waals surface area (Å²) in [5, 5.41) is 0. The Labute approximate surface area is 457 Å². The second-order valence-corrected chi connectivity index (χ2v) is 20.2. The van der Waals surface area contributed by atoms with Crippen molar-refractivity contribution in [2.75, 3.05) is 13.2 Å². The highest BCUT2D eigenvalue weighted by Crippen LogP contribution is 2.15. The number of ether oxygens (including phenoxy) is 3. The van der Waals surface area contributed by atoms with Crippen LogP contribution in [0.2, 0.25) is 0 Å². The van der Waals surface area contributed by atoms with E-state index in [1.54, 1.807) is 0 Å². The average molecular weight is 1030 g/mol. The predicted octanol–water partition coefficient (Wildman–Crippen LogP) is 21.0. The Balaban J connectivity index is 4.19. The maximum atomic E-state index is 12.8. The number of rotatable bonds is 55. The monoisotopic (exact) mass is 1030 g/mol. The third kappa shape index (κ3) is 59.0. The van der Waals surface area contributed by atoms with Crippen molar-refractivity contribution in [2.24, 2.45) is 0 Å². The first-order valence-electron chi connectivity index (χ1n) is 30.9. The normalized spacial score (nSPS) is 12.9.